The van der Waals surface area contributed by atoms with Crippen LogP contribution in [0.15, 0.2) is 47.4 Å². The average Bonchev–Trinajstić information content (AvgIpc) is 2.31. The second-order valence-corrected chi connectivity index (χ2v) is 4.69. The zero-order chi connectivity index (χ0) is 12.3. The van der Waals surface area contributed by atoms with Crippen molar-refractivity contribution in [1.82, 2.24) is 0 Å². The summed E-state index contributed by atoms with van der Waals surface area (Å²) in [5.41, 5.74) is 6.95. The van der Waals surface area contributed by atoms with Crippen molar-refractivity contribution in [1.29, 1.82) is 0 Å². The first-order chi connectivity index (χ1) is 8.15. The van der Waals surface area contributed by atoms with Gasteiger partial charge in [0.05, 0.1) is 5.69 Å². The van der Waals surface area contributed by atoms with Gasteiger partial charge in [-0.15, -0.1) is 11.8 Å². The third kappa shape index (κ3) is 3.14. The Morgan fingerprint density at radius 1 is 1.18 bits per heavy atom. The minimum atomic E-state index is -0.236. The maximum atomic E-state index is 12.9. The number of anilines is 1. The minimum Gasteiger partial charge on any atom is -0.506 e. The molecule has 17 heavy (non-hydrogen) atoms. The molecule has 0 heterocycles. The highest BCUT2D eigenvalue weighted by Crippen LogP contribution is 2.27. The van der Waals surface area contributed by atoms with Crippen LogP contribution >= 0.6 is 11.8 Å². The molecule has 2 aromatic carbocycles. The van der Waals surface area contributed by atoms with E-state index in [4.69, 9.17) is 5.73 Å². The monoisotopic (exact) mass is 249 g/mol. The Kier molecular flexibility index (Phi) is 3.54. The van der Waals surface area contributed by atoms with E-state index in [1.54, 1.807) is 24.3 Å². The third-order valence-corrected chi connectivity index (χ3v) is 3.36. The summed E-state index contributed by atoms with van der Waals surface area (Å²) in [6.07, 6.45) is 0. The van der Waals surface area contributed by atoms with E-state index < -0.39 is 0 Å². The van der Waals surface area contributed by atoms with E-state index in [0.29, 0.717) is 11.4 Å². The number of nitrogen functional groups attached to an aromatic ring is 1. The smallest absolute Gasteiger partial charge is 0.138 e. The lowest BCUT2D eigenvalue weighted by molar-refractivity contribution is 0.478. The molecule has 2 aromatic rings. The maximum absolute atomic E-state index is 12.9. The fraction of sp³-hybridized carbons (Fsp3) is 0.0769. The van der Waals surface area contributed by atoms with Crippen LogP contribution in [-0.4, -0.2) is 5.11 Å². The van der Waals surface area contributed by atoms with Crippen molar-refractivity contribution in [3.63, 3.8) is 0 Å². The topological polar surface area (TPSA) is 46.2 Å². The van der Waals surface area contributed by atoms with Gasteiger partial charge in [0.25, 0.3) is 0 Å². The molecule has 0 aliphatic carbocycles. The van der Waals surface area contributed by atoms with Gasteiger partial charge in [0.1, 0.15) is 11.6 Å². The lowest BCUT2D eigenvalue weighted by Crippen LogP contribution is -1.88. The highest BCUT2D eigenvalue weighted by Gasteiger charge is 2.01. The van der Waals surface area contributed by atoms with E-state index >= 15 is 0 Å². The number of hydrogen-bond donors (Lipinski definition) is 2. The second kappa shape index (κ2) is 5.10. The number of rotatable bonds is 3. The first kappa shape index (κ1) is 11.8. The molecule has 0 atom stereocenters. The lowest BCUT2D eigenvalue weighted by atomic mass is 10.2. The molecule has 0 aliphatic rings. The maximum Gasteiger partial charge on any atom is 0.138 e. The molecule has 0 radical (unpaired) electrons. The Hall–Kier alpha value is -1.68. The summed E-state index contributed by atoms with van der Waals surface area (Å²) in [5.74, 6) is 0.540. The minimum absolute atomic E-state index is 0.0875. The van der Waals surface area contributed by atoms with Crippen LogP contribution in [0.2, 0.25) is 0 Å². The van der Waals surface area contributed by atoms with E-state index in [0.717, 1.165) is 10.5 Å². The number of benzene rings is 2. The SMILES string of the molecule is Nc1cc(CSc2cccc(F)c2)ccc1O. The molecule has 2 rings (SSSR count). The van der Waals surface area contributed by atoms with Gasteiger partial charge in [-0.2, -0.15) is 0 Å². The van der Waals surface area contributed by atoms with Crippen LogP contribution in [0.25, 0.3) is 0 Å². The summed E-state index contributed by atoms with van der Waals surface area (Å²) in [6.45, 7) is 0. The third-order valence-electron chi connectivity index (χ3n) is 2.29. The van der Waals surface area contributed by atoms with Gasteiger partial charge in [-0.25, -0.2) is 4.39 Å². The fourth-order valence-electron chi connectivity index (χ4n) is 1.42. The number of hydrogen-bond acceptors (Lipinski definition) is 3. The zero-order valence-corrected chi connectivity index (χ0v) is 9.88. The molecular formula is C13H12FNOS. The number of aromatic hydroxyl groups is 1. The van der Waals surface area contributed by atoms with Crippen LogP contribution in [0, 0.1) is 5.82 Å². The van der Waals surface area contributed by atoms with E-state index in [2.05, 4.69) is 0 Å². The van der Waals surface area contributed by atoms with Crippen LogP contribution in [0.4, 0.5) is 10.1 Å². The molecule has 0 saturated heterocycles. The number of phenolic OH excluding ortho intramolecular Hbond substituents is 1. The number of phenols is 1. The standard InChI is InChI=1S/C13H12FNOS/c14-10-2-1-3-11(7-10)17-8-9-4-5-13(16)12(15)6-9/h1-7,16H,8,15H2. The summed E-state index contributed by atoms with van der Waals surface area (Å²) < 4.78 is 12.9. The summed E-state index contributed by atoms with van der Waals surface area (Å²) in [7, 11) is 0. The Morgan fingerprint density at radius 2 is 2.00 bits per heavy atom. The molecular weight excluding hydrogens is 237 g/mol. The van der Waals surface area contributed by atoms with Crippen molar-refractivity contribution >= 4 is 17.4 Å². The second-order valence-electron chi connectivity index (χ2n) is 3.64. The highest BCUT2D eigenvalue weighted by molar-refractivity contribution is 7.98. The fourth-order valence-corrected chi connectivity index (χ4v) is 2.30. The number of thioether (sulfide) groups is 1. The summed E-state index contributed by atoms with van der Waals surface area (Å²) in [4.78, 5) is 0.872. The van der Waals surface area contributed by atoms with E-state index in [1.807, 2.05) is 6.07 Å². The molecule has 3 N–H and O–H groups in total. The van der Waals surface area contributed by atoms with Gasteiger partial charge in [0.2, 0.25) is 0 Å². The van der Waals surface area contributed by atoms with Gasteiger partial charge in [-0.3, -0.25) is 0 Å². The van der Waals surface area contributed by atoms with Crippen molar-refractivity contribution in [2.24, 2.45) is 0 Å². The van der Waals surface area contributed by atoms with E-state index in [-0.39, 0.29) is 11.6 Å². The molecule has 88 valence electrons. The van der Waals surface area contributed by atoms with Crippen LogP contribution in [0.3, 0.4) is 0 Å². The Bertz CT molecular complexity index is 531. The number of nitrogens with two attached hydrogens (primary N) is 1. The quantitative estimate of drug-likeness (QED) is 0.498. The van der Waals surface area contributed by atoms with Crippen molar-refractivity contribution in [3.8, 4) is 5.75 Å². The van der Waals surface area contributed by atoms with Crippen molar-refractivity contribution in [2.75, 3.05) is 5.73 Å². The Labute approximate surface area is 103 Å². The van der Waals surface area contributed by atoms with Crippen LogP contribution in [0.1, 0.15) is 5.56 Å². The van der Waals surface area contributed by atoms with Gasteiger partial charge in [-0.05, 0) is 35.9 Å². The number of halogens is 1. The molecule has 0 spiro atoms. The molecule has 2 nitrogen and oxygen atoms in total. The van der Waals surface area contributed by atoms with Crippen molar-refractivity contribution in [3.05, 3.63) is 53.8 Å². The molecule has 0 aliphatic heterocycles. The summed E-state index contributed by atoms with van der Waals surface area (Å²) in [6, 6.07) is 11.5. The first-order valence-electron chi connectivity index (χ1n) is 5.11. The van der Waals surface area contributed by atoms with Gasteiger partial charge < -0.3 is 10.8 Å². The van der Waals surface area contributed by atoms with Gasteiger partial charge in [0.15, 0.2) is 0 Å². The molecule has 0 amide bonds. The lowest BCUT2D eigenvalue weighted by Gasteiger charge is -2.04. The predicted octanol–water partition coefficient (Wildman–Crippen LogP) is 3.41. The van der Waals surface area contributed by atoms with E-state index in [9.17, 15) is 9.50 Å². The highest BCUT2D eigenvalue weighted by atomic mass is 32.2. The molecule has 0 unspecified atom stereocenters. The predicted molar refractivity (Wildman–Crippen MR) is 68.5 cm³/mol. The van der Waals surface area contributed by atoms with Crippen LogP contribution in [0.5, 0.6) is 5.75 Å². The zero-order valence-electron chi connectivity index (χ0n) is 9.06. The van der Waals surface area contributed by atoms with Gasteiger partial charge >= 0.3 is 0 Å². The largest absolute Gasteiger partial charge is 0.506 e. The Morgan fingerprint density at radius 3 is 2.71 bits per heavy atom. The summed E-state index contributed by atoms with van der Waals surface area (Å²) in [5, 5.41) is 9.28. The van der Waals surface area contributed by atoms with Crippen molar-refractivity contribution in [2.45, 2.75) is 10.6 Å². The Balaban J connectivity index is 2.05. The van der Waals surface area contributed by atoms with Gasteiger partial charge in [0, 0.05) is 10.6 Å². The normalized spacial score (nSPS) is 10.4. The molecule has 0 fully saturated rings. The van der Waals surface area contributed by atoms with Crippen LogP contribution in [-0.2, 0) is 5.75 Å². The first-order valence-corrected chi connectivity index (χ1v) is 6.09. The molecule has 0 aromatic heterocycles. The van der Waals surface area contributed by atoms with Crippen LogP contribution < -0.4 is 5.73 Å². The van der Waals surface area contributed by atoms with E-state index in [1.165, 1.54) is 23.9 Å². The summed E-state index contributed by atoms with van der Waals surface area (Å²) >= 11 is 1.53. The molecule has 0 bridgehead atoms. The van der Waals surface area contributed by atoms with Gasteiger partial charge in [-0.1, -0.05) is 12.1 Å². The molecule has 0 saturated carbocycles. The molecule has 4 heteroatoms. The average molecular weight is 249 g/mol. The van der Waals surface area contributed by atoms with Crippen molar-refractivity contribution < 1.29 is 9.50 Å².